The van der Waals surface area contributed by atoms with Gasteiger partial charge in [-0.3, -0.25) is 4.79 Å². The third kappa shape index (κ3) is 4.23. The highest BCUT2D eigenvalue weighted by Crippen LogP contribution is 2.26. The molecule has 0 aliphatic heterocycles. The molecule has 2 N–H and O–H groups in total. The molecule has 1 aromatic carbocycles. The second-order valence-corrected chi connectivity index (χ2v) is 7.31. The number of carbonyl (C=O) groups is 1. The average molecular weight is 329 g/mol. The van der Waals surface area contributed by atoms with E-state index in [9.17, 15) is 4.79 Å². The van der Waals surface area contributed by atoms with Crippen LogP contribution in [0.15, 0.2) is 30.5 Å². The predicted octanol–water partition coefficient (Wildman–Crippen LogP) is 2.98. The molecular weight excluding hydrogens is 302 g/mol. The van der Waals surface area contributed by atoms with Gasteiger partial charge in [-0.25, -0.2) is 4.68 Å². The zero-order valence-electron chi connectivity index (χ0n) is 15.1. The molecule has 0 aliphatic rings. The maximum atomic E-state index is 12.7. The SMILES string of the molecule is Cc1ccc(-n2cc(C(=O)NC(C)CCO)c(C(C)(C)C)n2)cc1. The van der Waals surface area contributed by atoms with Crippen molar-refractivity contribution in [2.45, 2.75) is 52.5 Å². The van der Waals surface area contributed by atoms with Gasteiger partial charge in [0.2, 0.25) is 0 Å². The van der Waals surface area contributed by atoms with E-state index in [1.54, 1.807) is 10.9 Å². The van der Waals surface area contributed by atoms with Crippen LogP contribution in [0.1, 0.15) is 55.7 Å². The number of rotatable bonds is 5. The number of hydrogen-bond acceptors (Lipinski definition) is 3. The van der Waals surface area contributed by atoms with E-state index in [0.29, 0.717) is 12.0 Å². The van der Waals surface area contributed by atoms with Gasteiger partial charge in [-0.15, -0.1) is 0 Å². The first-order chi connectivity index (χ1) is 11.2. The molecule has 1 atom stereocenters. The number of aryl methyl sites for hydroxylation is 1. The van der Waals surface area contributed by atoms with E-state index >= 15 is 0 Å². The molecule has 5 heteroatoms. The molecule has 0 saturated carbocycles. The lowest BCUT2D eigenvalue weighted by Crippen LogP contribution is -2.34. The Labute approximate surface area is 143 Å². The first-order valence-electron chi connectivity index (χ1n) is 8.31. The van der Waals surface area contributed by atoms with E-state index < -0.39 is 0 Å². The summed E-state index contributed by atoms with van der Waals surface area (Å²) in [5, 5.41) is 16.6. The highest BCUT2D eigenvalue weighted by Gasteiger charge is 2.27. The Morgan fingerprint density at radius 3 is 2.46 bits per heavy atom. The summed E-state index contributed by atoms with van der Waals surface area (Å²) in [7, 11) is 0. The topological polar surface area (TPSA) is 67.2 Å². The molecule has 2 aromatic rings. The Morgan fingerprint density at radius 2 is 1.92 bits per heavy atom. The minimum absolute atomic E-state index is 0.0518. The van der Waals surface area contributed by atoms with Crippen LogP contribution in [0.5, 0.6) is 0 Å². The number of benzene rings is 1. The van der Waals surface area contributed by atoms with Gasteiger partial charge in [-0.05, 0) is 32.4 Å². The van der Waals surface area contributed by atoms with Crippen LogP contribution in [-0.2, 0) is 5.41 Å². The average Bonchev–Trinajstić information content (AvgIpc) is 2.93. The minimum atomic E-state index is -0.247. The summed E-state index contributed by atoms with van der Waals surface area (Å²) in [6.07, 6.45) is 2.31. The molecule has 2 rings (SSSR count). The van der Waals surface area contributed by atoms with E-state index in [2.05, 4.69) is 10.4 Å². The normalized spacial score (nSPS) is 12.9. The summed E-state index contributed by atoms with van der Waals surface area (Å²) in [6, 6.07) is 7.95. The monoisotopic (exact) mass is 329 g/mol. The smallest absolute Gasteiger partial charge is 0.255 e. The largest absolute Gasteiger partial charge is 0.396 e. The second-order valence-electron chi connectivity index (χ2n) is 7.31. The summed E-state index contributed by atoms with van der Waals surface area (Å²) in [6.45, 7) is 10.1. The lowest BCUT2D eigenvalue weighted by molar-refractivity contribution is 0.0932. The van der Waals surface area contributed by atoms with Crippen molar-refractivity contribution in [2.24, 2.45) is 0 Å². The van der Waals surface area contributed by atoms with Gasteiger partial charge in [0.05, 0.1) is 16.9 Å². The first-order valence-corrected chi connectivity index (χ1v) is 8.31. The van der Waals surface area contributed by atoms with E-state index in [1.165, 1.54) is 5.56 Å². The number of nitrogens with zero attached hydrogens (tertiary/aromatic N) is 2. The Bertz CT molecular complexity index is 696. The number of carbonyl (C=O) groups excluding carboxylic acids is 1. The van der Waals surface area contributed by atoms with Gasteiger partial charge in [0.25, 0.3) is 5.91 Å². The maximum Gasteiger partial charge on any atom is 0.255 e. The van der Waals surface area contributed by atoms with Crippen LogP contribution < -0.4 is 5.32 Å². The fourth-order valence-corrected chi connectivity index (χ4v) is 2.49. The molecule has 1 heterocycles. The summed E-state index contributed by atoms with van der Waals surface area (Å²) >= 11 is 0. The summed E-state index contributed by atoms with van der Waals surface area (Å²) in [5.74, 6) is -0.153. The Morgan fingerprint density at radius 1 is 1.29 bits per heavy atom. The summed E-state index contributed by atoms with van der Waals surface area (Å²) < 4.78 is 1.76. The van der Waals surface area contributed by atoms with Crippen LogP contribution >= 0.6 is 0 Å². The zero-order chi connectivity index (χ0) is 17.9. The molecule has 1 amide bonds. The van der Waals surface area contributed by atoms with E-state index in [4.69, 9.17) is 5.11 Å². The third-order valence-electron chi connectivity index (χ3n) is 3.91. The first kappa shape index (κ1) is 18.2. The molecule has 24 heavy (non-hydrogen) atoms. The van der Waals surface area contributed by atoms with Gasteiger partial charge in [-0.1, -0.05) is 38.5 Å². The molecule has 0 aliphatic carbocycles. The summed E-state index contributed by atoms with van der Waals surface area (Å²) in [4.78, 5) is 12.7. The van der Waals surface area contributed by atoms with Gasteiger partial charge >= 0.3 is 0 Å². The quantitative estimate of drug-likeness (QED) is 0.886. The number of amides is 1. The number of aliphatic hydroxyl groups is 1. The fourth-order valence-electron chi connectivity index (χ4n) is 2.49. The number of aromatic nitrogens is 2. The van der Waals surface area contributed by atoms with Crippen LogP contribution in [0.2, 0.25) is 0 Å². The van der Waals surface area contributed by atoms with Crippen LogP contribution in [0.3, 0.4) is 0 Å². The zero-order valence-corrected chi connectivity index (χ0v) is 15.1. The Hall–Kier alpha value is -2.14. The number of aliphatic hydroxyl groups excluding tert-OH is 1. The molecule has 1 aromatic heterocycles. The van der Waals surface area contributed by atoms with Gasteiger partial charge in [0.15, 0.2) is 0 Å². The molecule has 5 nitrogen and oxygen atoms in total. The molecule has 0 fully saturated rings. The molecular formula is C19H27N3O2. The van der Waals surface area contributed by atoms with Crippen molar-refractivity contribution >= 4 is 5.91 Å². The molecule has 0 spiro atoms. The molecule has 1 unspecified atom stereocenters. The number of nitrogens with one attached hydrogen (secondary N) is 1. The lowest BCUT2D eigenvalue weighted by Gasteiger charge is -2.18. The maximum absolute atomic E-state index is 12.7. The van der Waals surface area contributed by atoms with Crippen molar-refractivity contribution in [1.29, 1.82) is 0 Å². The van der Waals surface area contributed by atoms with Crippen molar-refractivity contribution in [3.8, 4) is 5.69 Å². The van der Waals surface area contributed by atoms with Crippen LogP contribution in [-0.4, -0.2) is 33.4 Å². The van der Waals surface area contributed by atoms with Crippen LogP contribution in [0, 0.1) is 6.92 Å². The van der Waals surface area contributed by atoms with E-state index in [0.717, 1.165) is 11.4 Å². The molecule has 0 radical (unpaired) electrons. The lowest BCUT2D eigenvalue weighted by atomic mass is 9.89. The molecule has 130 valence electrons. The van der Waals surface area contributed by atoms with Gasteiger partial charge < -0.3 is 10.4 Å². The highest BCUT2D eigenvalue weighted by molar-refractivity contribution is 5.95. The highest BCUT2D eigenvalue weighted by atomic mass is 16.3. The molecule has 0 saturated heterocycles. The van der Waals surface area contributed by atoms with Crippen molar-refractivity contribution in [2.75, 3.05) is 6.61 Å². The standard InChI is InChI=1S/C19H27N3O2/c1-13-6-8-15(9-7-13)22-12-16(17(21-22)19(3,4)5)18(24)20-14(2)10-11-23/h6-9,12,14,23H,10-11H2,1-5H3,(H,20,24). The Kier molecular flexibility index (Phi) is 5.44. The third-order valence-corrected chi connectivity index (χ3v) is 3.91. The summed E-state index contributed by atoms with van der Waals surface area (Å²) in [5.41, 5.74) is 3.19. The van der Waals surface area contributed by atoms with Gasteiger partial charge in [-0.2, -0.15) is 5.10 Å². The second kappa shape index (κ2) is 7.18. The van der Waals surface area contributed by atoms with Crippen LogP contribution in [0.25, 0.3) is 5.69 Å². The molecule has 0 bridgehead atoms. The van der Waals surface area contributed by atoms with Crippen molar-refractivity contribution in [1.82, 2.24) is 15.1 Å². The van der Waals surface area contributed by atoms with Crippen molar-refractivity contribution < 1.29 is 9.90 Å². The van der Waals surface area contributed by atoms with Gasteiger partial charge in [0, 0.05) is 24.3 Å². The Balaban J connectivity index is 2.39. The number of hydrogen-bond donors (Lipinski definition) is 2. The predicted molar refractivity (Wildman–Crippen MR) is 95.6 cm³/mol. The van der Waals surface area contributed by atoms with E-state index in [-0.39, 0.29) is 24.0 Å². The minimum Gasteiger partial charge on any atom is -0.396 e. The van der Waals surface area contributed by atoms with Crippen molar-refractivity contribution in [3.05, 3.63) is 47.3 Å². The fraction of sp³-hybridized carbons (Fsp3) is 0.474. The van der Waals surface area contributed by atoms with Crippen molar-refractivity contribution in [3.63, 3.8) is 0 Å². The van der Waals surface area contributed by atoms with Crippen LogP contribution in [0.4, 0.5) is 0 Å². The van der Waals surface area contributed by atoms with Gasteiger partial charge in [0.1, 0.15) is 0 Å². The van der Waals surface area contributed by atoms with E-state index in [1.807, 2.05) is 58.9 Å².